The number of aromatic hydroxyl groups is 1. The van der Waals surface area contributed by atoms with Crippen molar-refractivity contribution in [2.45, 2.75) is 13.8 Å². The normalized spacial score (nSPS) is 10.8. The molecule has 0 fully saturated rings. The summed E-state index contributed by atoms with van der Waals surface area (Å²) in [4.78, 5) is 43.7. The van der Waals surface area contributed by atoms with Gasteiger partial charge in [-0.3, -0.25) is 30.3 Å². The molecule has 0 aliphatic carbocycles. The highest BCUT2D eigenvalue weighted by Gasteiger charge is 2.23. The second kappa shape index (κ2) is 11.6. The molecule has 0 saturated carbocycles. The number of phenols is 1. The summed E-state index contributed by atoms with van der Waals surface area (Å²) in [7, 11) is 0. The lowest BCUT2D eigenvalue weighted by Crippen LogP contribution is -2.07. The number of hydrazone groups is 1. The number of non-ortho nitro benzene ring substituents is 2. The number of hydrogen-bond donors (Lipinski definition) is 4. The van der Waals surface area contributed by atoms with E-state index in [0.29, 0.717) is 17.4 Å². The van der Waals surface area contributed by atoms with Crippen LogP contribution in [0, 0.1) is 44.2 Å². The third-order valence-corrected chi connectivity index (χ3v) is 5.61. The van der Waals surface area contributed by atoms with Crippen molar-refractivity contribution in [2.24, 2.45) is 5.10 Å². The highest BCUT2D eigenvalue weighted by molar-refractivity contribution is 5.87. The molecule has 41 heavy (non-hydrogen) atoms. The first-order chi connectivity index (χ1) is 19.5. The number of nitro benzene ring substituents is 3. The zero-order chi connectivity index (χ0) is 29.7. The fourth-order valence-electron chi connectivity index (χ4n) is 3.41. The molecular formula is C24H20N10O7. The predicted octanol–water partition coefficient (Wildman–Crippen LogP) is 4.85. The minimum absolute atomic E-state index is 0.0201. The molecule has 3 aromatic carbocycles. The first-order valence-electron chi connectivity index (χ1n) is 11.6. The Hall–Kier alpha value is -6.26. The molecule has 0 amide bonds. The van der Waals surface area contributed by atoms with E-state index in [1.807, 2.05) is 32.0 Å². The summed E-state index contributed by atoms with van der Waals surface area (Å²) < 4.78 is 0. The molecule has 4 rings (SSSR count). The van der Waals surface area contributed by atoms with Crippen LogP contribution in [-0.2, 0) is 0 Å². The van der Waals surface area contributed by atoms with Gasteiger partial charge < -0.3 is 15.7 Å². The number of anilines is 5. The van der Waals surface area contributed by atoms with Crippen molar-refractivity contribution >= 4 is 52.5 Å². The van der Waals surface area contributed by atoms with Crippen LogP contribution in [0.15, 0.2) is 59.7 Å². The van der Waals surface area contributed by atoms with E-state index in [1.165, 1.54) is 24.3 Å². The van der Waals surface area contributed by atoms with Crippen LogP contribution in [0.3, 0.4) is 0 Å². The maximum atomic E-state index is 11.2. The SMILES string of the molecule is Cc1ccc(Nc2nc(N/N=C/c3cc([N+](=O)[O-])cc([N+](=O)[O-])c3O)nc(Nc3ccc([N+](=O)[O-])cc3)n2)cc1C. The number of benzene rings is 3. The fourth-order valence-corrected chi connectivity index (χ4v) is 3.41. The summed E-state index contributed by atoms with van der Waals surface area (Å²) >= 11 is 0. The van der Waals surface area contributed by atoms with Gasteiger partial charge in [0, 0.05) is 29.6 Å². The highest BCUT2D eigenvalue weighted by atomic mass is 16.6. The second-order valence-electron chi connectivity index (χ2n) is 8.45. The average Bonchev–Trinajstić information content (AvgIpc) is 2.91. The van der Waals surface area contributed by atoms with Gasteiger partial charge in [-0.15, -0.1) is 0 Å². The topological polar surface area (TPSA) is 237 Å². The second-order valence-corrected chi connectivity index (χ2v) is 8.45. The van der Waals surface area contributed by atoms with E-state index in [1.54, 1.807) is 0 Å². The maximum absolute atomic E-state index is 11.2. The molecule has 0 saturated heterocycles. The molecule has 0 atom stereocenters. The number of rotatable bonds is 10. The van der Waals surface area contributed by atoms with Gasteiger partial charge in [-0.2, -0.15) is 20.1 Å². The molecule has 1 aromatic heterocycles. The van der Waals surface area contributed by atoms with Gasteiger partial charge in [0.05, 0.1) is 32.6 Å². The van der Waals surface area contributed by atoms with Gasteiger partial charge in [0.15, 0.2) is 0 Å². The molecule has 0 aliphatic heterocycles. The first-order valence-corrected chi connectivity index (χ1v) is 11.6. The predicted molar refractivity (Wildman–Crippen MR) is 148 cm³/mol. The summed E-state index contributed by atoms with van der Waals surface area (Å²) in [6.07, 6.45) is 0.930. The van der Waals surface area contributed by atoms with Crippen LogP contribution in [-0.4, -0.2) is 41.0 Å². The minimum Gasteiger partial charge on any atom is -0.502 e. The van der Waals surface area contributed by atoms with Gasteiger partial charge >= 0.3 is 5.69 Å². The van der Waals surface area contributed by atoms with Crippen molar-refractivity contribution in [3.8, 4) is 5.75 Å². The van der Waals surface area contributed by atoms with Crippen molar-refractivity contribution in [2.75, 3.05) is 16.1 Å². The van der Waals surface area contributed by atoms with Crippen LogP contribution in [0.1, 0.15) is 16.7 Å². The van der Waals surface area contributed by atoms with Crippen molar-refractivity contribution in [3.63, 3.8) is 0 Å². The standard InChI is InChI=1S/C24H20N10O7/c1-13-3-4-17(9-14(13)2)27-23-28-22(26-16-5-7-18(8-6-16)32(36)37)29-24(30-23)31-25-12-15-10-19(33(38)39)11-20(21(15)35)34(40)41/h3-12,35H,1-2H3,(H3,26,27,28,29,30,31)/b25-12+. The highest BCUT2D eigenvalue weighted by Crippen LogP contribution is 2.33. The molecule has 17 heteroatoms. The molecule has 0 radical (unpaired) electrons. The van der Waals surface area contributed by atoms with Crippen LogP contribution in [0.2, 0.25) is 0 Å². The smallest absolute Gasteiger partial charge is 0.318 e. The number of aryl methyl sites for hydroxylation is 2. The van der Waals surface area contributed by atoms with E-state index in [-0.39, 0.29) is 29.1 Å². The molecule has 4 aromatic rings. The number of nitrogens with zero attached hydrogens (tertiary/aromatic N) is 7. The van der Waals surface area contributed by atoms with Crippen molar-refractivity contribution < 1.29 is 19.9 Å². The molecule has 4 N–H and O–H groups in total. The third-order valence-electron chi connectivity index (χ3n) is 5.61. The Kier molecular flexibility index (Phi) is 7.88. The summed E-state index contributed by atoms with van der Waals surface area (Å²) in [5, 5.41) is 53.3. The lowest BCUT2D eigenvalue weighted by Gasteiger charge is -2.11. The zero-order valence-electron chi connectivity index (χ0n) is 21.3. The van der Waals surface area contributed by atoms with Gasteiger partial charge in [0.25, 0.3) is 11.4 Å². The summed E-state index contributed by atoms with van der Waals surface area (Å²) in [6, 6.07) is 12.7. The summed E-state index contributed by atoms with van der Waals surface area (Å²) in [5.41, 5.74) is 3.80. The molecule has 17 nitrogen and oxygen atoms in total. The Morgan fingerprint density at radius 2 is 1.32 bits per heavy atom. The van der Waals surface area contributed by atoms with Crippen LogP contribution >= 0.6 is 0 Å². The lowest BCUT2D eigenvalue weighted by molar-refractivity contribution is -0.394. The summed E-state index contributed by atoms with van der Waals surface area (Å²) in [5.74, 6) is -0.836. The van der Waals surface area contributed by atoms with Crippen molar-refractivity contribution in [1.29, 1.82) is 0 Å². The van der Waals surface area contributed by atoms with Gasteiger partial charge in [0.1, 0.15) is 0 Å². The van der Waals surface area contributed by atoms with Gasteiger partial charge in [-0.1, -0.05) is 6.07 Å². The third kappa shape index (κ3) is 6.79. The molecular weight excluding hydrogens is 540 g/mol. The maximum Gasteiger partial charge on any atom is 0.318 e. The largest absolute Gasteiger partial charge is 0.502 e. The average molecular weight is 560 g/mol. The first kappa shape index (κ1) is 27.8. The van der Waals surface area contributed by atoms with Crippen molar-refractivity contribution in [3.05, 3.63) is 102 Å². The van der Waals surface area contributed by atoms with Crippen LogP contribution in [0.25, 0.3) is 0 Å². The number of hydrogen-bond acceptors (Lipinski definition) is 14. The fraction of sp³-hybridized carbons (Fsp3) is 0.0833. The van der Waals surface area contributed by atoms with E-state index < -0.39 is 31.9 Å². The number of phenolic OH excluding ortho intramolecular Hbond substituents is 1. The van der Waals surface area contributed by atoms with E-state index in [2.05, 4.69) is 36.1 Å². The lowest BCUT2D eigenvalue weighted by atomic mass is 10.1. The van der Waals surface area contributed by atoms with E-state index >= 15 is 0 Å². The Morgan fingerprint density at radius 1 is 0.732 bits per heavy atom. The number of nitro groups is 3. The molecule has 1 heterocycles. The Balaban J connectivity index is 1.65. The van der Waals surface area contributed by atoms with Gasteiger partial charge in [0.2, 0.25) is 23.6 Å². The molecule has 0 unspecified atom stereocenters. The monoisotopic (exact) mass is 560 g/mol. The molecule has 0 aliphatic rings. The van der Waals surface area contributed by atoms with E-state index in [9.17, 15) is 35.4 Å². The van der Waals surface area contributed by atoms with Crippen LogP contribution < -0.4 is 16.1 Å². The van der Waals surface area contributed by atoms with Crippen molar-refractivity contribution in [1.82, 2.24) is 15.0 Å². The van der Waals surface area contributed by atoms with E-state index in [0.717, 1.165) is 23.4 Å². The zero-order valence-corrected chi connectivity index (χ0v) is 21.3. The number of nitrogens with one attached hydrogen (secondary N) is 3. The Bertz CT molecular complexity index is 1690. The van der Waals surface area contributed by atoms with Crippen LogP contribution in [0.5, 0.6) is 5.75 Å². The quantitative estimate of drug-likeness (QED) is 0.115. The van der Waals surface area contributed by atoms with Crippen LogP contribution in [0.4, 0.5) is 46.3 Å². The van der Waals surface area contributed by atoms with E-state index in [4.69, 9.17) is 0 Å². The van der Waals surface area contributed by atoms with Gasteiger partial charge in [-0.25, -0.2) is 5.43 Å². The Morgan fingerprint density at radius 3 is 1.90 bits per heavy atom. The molecule has 0 spiro atoms. The van der Waals surface area contributed by atoms with Gasteiger partial charge in [-0.05, 0) is 49.2 Å². The molecule has 208 valence electrons. The Labute approximate surface area is 230 Å². The summed E-state index contributed by atoms with van der Waals surface area (Å²) in [6.45, 7) is 3.90. The molecule has 0 bridgehead atoms. The minimum atomic E-state index is -0.958. The number of aromatic nitrogens is 3.